The van der Waals surface area contributed by atoms with Crippen molar-refractivity contribution in [1.29, 1.82) is 0 Å². The number of carbonyl (C=O) groups is 1. The maximum absolute atomic E-state index is 11.9. The first-order chi connectivity index (χ1) is 15.1. The van der Waals surface area contributed by atoms with E-state index in [0.29, 0.717) is 30.1 Å². The summed E-state index contributed by atoms with van der Waals surface area (Å²) in [5.41, 5.74) is 2.00. The topological polar surface area (TPSA) is 61.3 Å². The molecule has 7 heteroatoms. The number of esters is 1. The zero-order valence-electron chi connectivity index (χ0n) is 21.0. The van der Waals surface area contributed by atoms with Crippen LogP contribution in [0.15, 0.2) is 6.08 Å². The van der Waals surface area contributed by atoms with Crippen LogP contribution in [0.25, 0.3) is 5.57 Å². The van der Waals surface area contributed by atoms with Gasteiger partial charge in [-0.15, -0.1) is 4.37 Å². The molecule has 0 fully saturated rings. The molecule has 1 aromatic rings. The van der Waals surface area contributed by atoms with Gasteiger partial charge in [0.1, 0.15) is 12.2 Å². The molecule has 0 radical (unpaired) electrons. The van der Waals surface area contributed by atoms with Gasteiger partial charge in [0, 0.05) is 18.4 Å². The summed E-state index contributed by atoms with van der Waals surface area (Å²) in [7, 11) is 2.13. The Labute approximate surface area is 194 Å². The fraction of sp³-hybridized carbons (Fsp3) is 0.792. The minimum Gasteiger partial charge on any atom is -0.475 e. The molecule has 0 saturated carbocycles. The molecule has 2 rings (SSSR count). The van der Waals surface area contributed by atoms with Crippen molar-refractivity contribution in [3.8, 4) is 5.88 Å². The Morgan fingerprint density at radius 2 is 1.77 bits per heavy atom. The van der Waals surface area contributed by atoms with Crippen molar-refractivity contribution in [2.24, 2.45) is 0 Å². The number of carbonyl (C=O) groups excluding carboxylic acids is 1. The Bertz CT molecular complexity index is 619. The van der Waals surface area contributed by atoms with E-state index in [1.807, 2.05) is 27.7 Å². The largest absolute Gasteiger partial charge is 0.475 e. The summed E-state index contributed by atoms with van der Waals surface area (Å²) in [6.45, 7) is 15.1. The number of likely N-dealkylation sites (N-methyl/N-ethyl adjacent to an activating group) is 1. The number of aromatic nitrogens is 2. The molecule has 0 aromatic carbocycles. The van der Waals surface area contributed by atoms with E-state index in [2.05, 4.69) is 35.7 Å². The van der Waals surface area contributed by atoms with E-state index in [0.717, 1.165) is 50.0 Å². The monoisotopic (exact) mass is 456 g/mol. The maximum Gasteiger partial charge on any atom is 0.310 e. The molecular weight excluding hydrogens is 410 g/mol. The lowest BCUT2D eigenvalue weighted by molar-refractivity contribution is -0.919. The zero-order valence-corrected chi connectivity index (χ0v) is 21.9. The number of unbranched alkanes of at least 4 members (excludes halogenated alkanes) is 4. The van der Waals surface area contributed by atoms with Crippen molar-refractivity contribution in [3.05, 3.63) is 11.8 Å². The van der Waals surface area contributed by atoms with E-state index in [1.165, 1.54) is 31.0 Å². The quantitative estimate of drug-likeness (QED) is 0.205. The highest BCUT2D eigenvalue weighted by atomic mass is 32.1. The Morgan fingerprint density at radius 3 is 2.45 bits per heavy atom. The smallest absolute Gasteiger partial charge is 0.310 e. The van der Waals surface area contributed by atoms with Gasteiger partial charge in [0.15, 0.2) is 0 Å². The SMILES string of the molecule is CC.CC.CCCCCCOc1nsnc1C1=CCC[N+](C)(COC(=O)CCCC)C1. The third-order valence-electron chi connectivity index (χ3n) is 4.88. The molecule has 0 spiro atoms. The summed E-state index contributed by atoms with van der Waals surface area (Å²) in [5, 5.41) is 0. The van der Waals surface area contributed by atoms with Crippen LogP contribution >= 0.6 is 11.7 Å². The first-order valence-electron chi connectivity index (χ1n) is 12.2. The van der Waals surface area contributed by atoms with Gasteiger partial charge in [-0.3, -0.25) is 9.28 Å². The molecule has 2 heterocycles. The van der Waals surface area contributed by atoms with Crippen LogP contribution in [0.1, 0.15) is 98.6 Å². The van der Waals surface area contributed by atoms with E-state index < -0.39 is 0 Å². The fourth-order valence-electron chi connectivity index (χ4n) is 3.18. The van der Waals surface area contributed by atoms with Crippen molar-refractivity contribution in [1.82, 2.24) is 8.75 Å². The summed E-state index contributed by atoms with van der Waals surface area (Å²) in [5.74, 6) is 0.551. The van der Waals surface area contributed by atoms with Crippen molar-refractivity contribution < 1.29 is 18.8 Å². The highest BCUT2D eigenvalue weighted by Gasteiger charge is 2.31. The summed E-state index contributed by atoms with van der Waals surface area (Å²) < 4.78 is 20.9. The second kappa shape index (κ2) is 18.1. The van der Waals surface area contributed by atoms with Crippen LogP contribution in [-0.2, 0) is 9.53 Å². The molecule has 1 aliphatic rings. The van der Waals surface area contributed by atoms with Crippen LogP contribution in [-0.4, -0.2) is 52.7 Å². The van der Waals surface area contributed by atoms with Crippen LogP contribution < -0.4 is 4.74 Å². The second-order valence-electron chi connectivity index (χ2n) is 7.60. The molecule has 31 heavy (non-hydrogen) atoms. The van der Waals surface area contributed by atoms with Gasteiger partial charge in [0.05, 0.1) is 31.9 Å². The molecule has 6 nitrogen and oxygen atoms in total. The van der Waals surface area contributed by atoms with E-state index in [1.54, 1.807) is 0 Å². The first kappa shape index (κ1) is 29.5. The third kappa shape index (κ3) is 11.6. The average Bonchev–Trinajstić information content (AvgIpc) is 3.27. The van der Waals surface area contributed by atoms with Gasteiger partial charge >= 0.3 is 5.97 Å². The van der Waals surface area contributed by atoms with Crippen LogP contribution in [0.4, 0.5) is 0 Å². The molecule has 0 saturated heterocycles. The molecule has 1 aliphatic heterocycles. The summed E-state index contributed by atoms with van der Waals surface area (Å²) in [6.07, 6.45) is 10.2. The molecule has 0 N–H and O–H groups in total. The van der Waals surface area contributed by atoms with Crippen LogP contribution in [0.5, 0.6) is 5.88 Å². The van der Waals surface area contributed by atoms with Gasteiger partial charge < -0.3 is 9.47 Å². The minimum absolute atomic E-state index is 0.0984. The van der Waals surface area contributed by atoms with Gasteiger partial charge in [-0.2, -0.15) is 4.37 Å². The number of ether oxygens (including phenoxy) is 2. The van der Waals surface area contributed by atoms with Crippen LogP contribution in [0.2, 0.25) is 0 Å². The van der Waals surface area contributed by atoms with Crippen LogP contribution in [0, 0.1) is 0 Å². The van der Waals surface area contributed by atoms with E-state index in [9.17, 15) is 4.79 Å². The molecule has 0 amide bonds. The Morgan fingerprint density at radius 1 is 1.06 bits per heavy atom. The maximum atomic E-state index is 11.9. The number of hydrogen-bond acceptors (Lipinski definition) is 6. The van der Waals surface area contributed by atoms with Gasteiger partial charge in [-0.05, 0) is 12.8 Å². The predicted octanol–water partition coefficient (Wildman–Crippen LogP) is 6.47. The number of hydrogen-bond donors (Lipinski definition) is 0. The Balaban J connectivity index is 0.00000212. The predicted molar refractivity (Wildman–Crippen MR) is 131 cm³/mol. The summed E-state index contributed by atoms with van der Waals surface area (Å²) >= 11 is 1.20. The van der Waals surface area contributed by atoms with Crippen LogP contribution in [0.3, 0.4) is 0 Å². The lowest BCUT2D eigenvalue weighted by Crippen LogP contribution is -2.49. The van der Waals surface area contributed by atoms with E-state index >= 15 is 0 Å². The van der Waals surface area contributed by atoms with Crippen molar-refractivity contribution in [3.63, 3.8) is 0 Å². The molecule has 0 bridgehead atoms. The van der Waals surface area contributed by atoms with Gasteiger partial charge in [0.25, 0.3) is 5.88 Å². The Kier molecular flexibility index (Phi) is 17.3. The molecule has 1 atom stereocenters. The Hall–Kier alpha value is -1.47. The highest BCUT2D eigenvalue weighted by Crippen LogP contribution is 2.30. The van der Waals surface area contributed by atoms with E-state index in [4.69, 9.17) is 9.47 Å². The number of quaternary nitrogens is 1. The lowest BCUT2D eigenvalue weighted by Gasteiger charge is -2.36. The van der Waals surface area contributed by atoms with Crippen molar-refractivity contribution >= 4 is 23.3 Å². The van der Waals surface area contributed by atoms with Crippen molar-refractivity contribution in [2.45, 2.75) is 92.9 Å². The van der Waals surface area contributed by atoms with Gasteiger partial charge in [0.2, 0.25) is 6.73 Å². The molecular formula is C24H46N3O3S+. The fourth-order valence-corrected chi connectivity index (χ4v) is 3.71. The molecule has 0 aliphatic carbocycles. The van der Waals surface area contributed by atoms with E-state index in [-0.39, 0.29) is 5.97 Å². The molecule has 1 unspecified atom stereocenters. The second-order valence-corrected chi connectivity index (χ2v) is 8.12. The molecule has 1 aromatic heterocycles. The average molecular weight is 457 g/mol. The summed E-state index contributed by atoms with van der Waals surface area (Å²) in [6, 6.07) is 0. The summed E-state index contributed by atoms with van der Waals surface area (Å²) in [4.78, 5) is 11.9. The van der Waals surface area contributed by atoms with Crippen molar-refractivity contribution in [2.75, 3.05) is 33.5 Å². The number of nitrogens with zero attached hydrogens (tertiary/aromatic N) is 3. The first-order valence-corrected chi connectivity index (χ1v) is 12.9. The lowest BCUT2D eigenvalue weighted by atomic mass is 10.1. The third-order valence-corrected chi connectivity index (χ3v) is 5.39. The zero-order chi connectivity index (χ0) is 23.5. The molecule has 180 valence electrons. The highest BCUT2D eigenvalue weighted by molar-refractivity contribution is 6.99. The standard InChI is InChI=1S/C20H34N3O3S.2C2H6/c1-4-6-8-9-14-25-20-19(21-27-22-20)17-11-10-13-23(3,15-17)16-26-18(24)12-7-5-2;2*1-2/h11H,4-10,12-16H2,1-3H3;2*1-2H3/q+1;;. The minimum atomic E-state index is -0.0984. The normalized spacial score (nSPS) is 17.5. The number of rotatable bonds is 12. The van der Waals surface area contributed by atoms with Gasteiger partial charge in [-0.25, -0.2) is 0 Å². The van der Waals surface area contributed by atoms with Gasteiger partial charge in [-0.1, -0.05) is 73.3 Å².